The number of nitro groups is 1. The van der Waals surface area contributed by atoms with Crippen LogP contribution in [0.5, 0.6) is 0 Å². The van der Waals surface area contributed by atoms with Crippen molar-refractivity contribution in [3.63, 3.8) is 0 Å². The second-order valence-corrected chi connectivity index (χ2v) is 10.3. The lowest BCUT2D eigenvalue weighted by atomic mass is 10.1. The number of sulfonamides is 1. The normalized spacial score (nSPS) is 17.6. The van der Waals surface area contributed by atoms with Crippen LogP contribution in [0.1, 0.15) is 11.1 Å². The SMILES string of the molecule is Cc1ccccc1CC(=O)N1CCN(c2ccc(S(=O)(=O)N3CCOCC3)cc2[N+](=O)[O-])CC1. The van der Waals surface area contributed by atoms with Crippen LogP contribution in [0.2, 0.25) is 0 Å². The smallest absolute Gasteiger partial charge is 0.293 e. The number of benzene rings is 2. The Balaban J connectivity index is 1.47. The summed E-state index contributed by atoms with van der Waals surface area (Å²) < 4.78 is 32.4. The first-order valence-electron chi connectivity index (χ1n) is 11.2. The van der Waals surface area contributed by atoms with E-state index >= 15 is 0 Å². The number of aryl methyl sites for hydroxylation is 1. The van der Waals surface area contributed by atoms with Gasteiger partial charge in [0.05, 0.1) is 29.5 Å². The van der Waals surface area contributed by atoms with Crippen molar-refractivity contribution >= 4 is 27.3 Å². The molecule has 0 N–H and O–H groups in total. The Bertz CT molecular complexity index is 1170. The van der Waals surface area contributed by atoms with Gasteiger partial charge < -0.3 is 14.5 Å². The maximum absolute atomic E-state index is 12.9. The number of hydrogen-bond donors (Lipinski definition) is 0. The third-order valence-electron chi connectivity index (χ3n) is 6.33. The molecule has 0 saturated carbocycles. The molecule has 10 nitrogen and oxygen atoms in total. The van der Waals surface area contributed by atoms with Crippen molar-refractivity contribution < 1.29 is 22.9 Å². The molecular formula is C23H28N4O6S. The number of anilines is 1. The molecule has 0 spiro atoms. The van der Waals surface area contributed by atoms with Gasteiger partial charge in [-0.2, -0.15) is 4.31 Å². The molecule has 0 atom stereocenters. The zero-order valence-corrected chi connectivity index (χ0v) is 19.9. The Hall–Kier alpha value is -3.02. The van der Waals surface area contributed by atoms with Crippen molar-refractivity contribution in [3.8, 4) is 0 Å². The van der Waals surface area contributed by atoms with Crippen LogP contribution in [0.25, 0.3) is 0 Å². The minimum atomic E-state index is -3.84. The van der Waals surface area contributed by atoms with Crippen molar-refractivity contribution in [3.05, 3.63) is 63.7 Å². The summed E-state index contributed by atoms with van der Waals surface area (Å²) in [5.41, 5.74) is 2.16. The van der Waals surface area contributed by atoms with Crippen molar-refractivity contribution in [2.45, 2.75) is 18.2 Å². The van der Waals surface area contributed by atoms with Gasteiger partial charge in [0.2, 0.25) is 15.9 Å². The fourth-order valence-corrected chi connectivity index (χ4v) is 5.72. The summed E-state index contributed by atoms with van der Waals surface area (Å²) in [7, 11) is -3.84. The number of nitro benzene ring substituents is 1. The van der Waals surface area contributed by atoms with Crippen molar-refractivity contribution in [1.82, 2.24) is 9.21 Å². The highest BCUT2D eigenvalue weighted by Crippen LogP contribution is 2.32. The van der Waals surface area contributed by atoms with E-state index < -0.39 is 14.9 Å². The average molecular weight is 489 g/mol. The predicted molar refractivity (Wildman–Crippen MR) is 126 cm³/mol. The first-order chi connectivity index (χ1) is 16.3. The summed E-state index contributed by atoms with van der Waals surface area (Å²) in [6, 6.07) is 11.8. The molecule has 11 heteroatoms. The van der Waals surface area contributed by atoms with Gasteiger partial charge in [-0.1, -0.05) is 24.3 Å². The van der Waals surface area contributed by atoms with E-state index in [1.54, 1.807) is 4.90 Å². The molecule has 34 heavy (non-hydrogen) atoms. The largest absolute Gasteiger partial charge is 0.379 e. The summed E-state index contributed by atoms with van der Waals surface area (Å²) in [6.07, 6.45) is 0.320. The average Bonchev–Trinajstić information content (AvgIpc) is 2.85. The molecule has 0 aromatic heterocycles. The first kappa shape index (κ1) is 24.1. The van der Waals surface area contributed by atoms with Gasteiger partial charge in [-0.25, -0.2) is 8.42 Å². The number of carbonyl (C=O) groups is 1. The van der Waals surface area contributed by atoms with Crippen LogP contribution in [0.15, 0.2) is 47.4 Å². The van der Waals surface area contributed by atoms with Crippen molar-refractivity contribution in [2.24, 2.45) is 0 Å². The lowest BCUT2D eigenvalue weighted by Crippen LogP contribution is -2.49. The summed E-state index contributed by atoms with van der Waals surface area (Å²) >= 11 is 0. The highest BCUT2D eigenvalue weighted by Gasteiger charge is 2.31. The van der Waals surface area contributed by atoms with Gasteiger partial charge in [0.25, 0.3) is 5.69 Å². The molecule has 0 bridgehead atoms. The van der Waals surface area contributed by atoms with Gasteiger partial charge >= 0.3 is 0 Å². The van der Waals surface area contributed by atoms with Crippen LogP contribution in [0, 0.1) is 17.0 Å². The van der Waals surface area contributed by atoms with Gasteiger partial charge in [0.1, 0.15) is 5.69 Å². The van der Waals surface area contributed by atoms with E-state index in [0.29, 0.717) is 51.5 Å². The van der Waals surface area contributed by atoms with Crippen molar-refractivity contribution in [1.29, 1.82) is 0 Å². The van der Waals surface area contributed by atoms with E-state index in [-0.39, 0.29) is 29.6 Å². The van der Waals surface area contributed by atoms with Crippen molar-refractivity contribution in [2.75, 3.05) is 57.4 Å². The lowest BCUT2D eigenvalue weighted by Gasteiger charge is -2.36. The van der Waals surface area contributed by atoms with E-state index in [2.05, 4.69) is 0 Å². The van der Waals surface area contributed by atoms with Gasteiger partial charge in [0, 0.05) is 45.3 Å². The molecule has 182 valence electrons. The first-order valence-corrected chi connectivity index (χ1v) is 12.6. The second-order valence-electron chi connectivity index (χ2n) is 8.40. The Labute approximate surface area is 198 Å². The number of carbonyl (C=O) groups excluding carboxylic acids is 1. The van der Waals surface area contributed by atoms with E-state index in [0.717, 1.165) is 17.2 Å². The van der Waals surface area contributed by atoms with Gasteiger partial charge in [0.15, 0.2) is 0 Å². The zero-order valence-electron chi connectivity index (χ0n) is 19.1. The van der Waals surface area contributed by atoms with E-state index in [9.17, 15) is 23.3 Å². The highest BCUT2D eigenvalue weighted by atomic mass is 32.2. The van der Waals surface area contributed by atoms with Crippen LogP contribution in [-0.2, 0) is 26.0 Å². The van der Waals surface area contributed by atoms with E-state index in [1.807, 2.05) is 36.1 Å². The van der Waals surface area contributed by atoms with Gasteiger partial charge in [-0.3, -0.25) is 14.9 Å². The molecule has 2 aromatic carbocycles. The Kier molecular flexibility index (Phi) is 7.15. The predicted octanol–water partition coefficient (Wildman–Crippen LogP) is 1.82. The molecule has 0 unspecified atom stereocenters. The fraction of sp³-hybridized carbons (Fsp3) is 0.435. The van der Waals surface area contributed by atoms with Crippen LogP contribution >= 0.6 is 0 Å². The van der Waals surface area contributed by atoms with Gasteiger partial charge in [-0.05, 0) is 30.2 Å². The number of hydrogen-bond acceptors (Lipinski definition) is 7. The molecule has 1 amide bonds. The summed E-state index contributed by atoms with van der Waals surface area (Å²) in [6.45, 7) is 4.74. The summed E-state index contributed by atoms with van der Waals surface area (Å²) in [5, 5.41) is 11.8. The molecule has 2 fully saturated rings. The Morgan fingerprint density at radius 1 is 1.03 bits per heavy atom. The monoisotopic (exact) mass is 488 g/mol. The number of amides is 1. The quantitative estimate of drug-likeness (QED) is 0.450. The summed E-state index contributed by atoms with van der Waals surface area (Å²) in [5.74, 6) is 0.0235. The molecule has 2 aromatic rings. The van der Waals surface area contributed by atoms with E-state index in [1.165, 1.54) is 16.4 Å². The standard InChI is InChI=1S/C23H28N4O6S/c1-18-4-2-3-5-19(18)16-23(28)25-10-8-24(9-11-25)21-7-6-20(17-22(21)27(29)30)34(31,32)26-12-14-33-15-13-26/h2-7,17H,8-16H2,1H3. The minimum Gasteiger partial charge on any atom is -0.379 e. The highest BCUT2D eigenvalue weighted by molar-refractivity contribution is 7.89. The summed E-state index contributed by atoms with van der Waals surface area (Å²) in [4.78, 5) is 27.5. The topological polar surface area (TPSA) is 113 Å². The Morgan fingerprint density at radius 2 is 1.71 bits per heavy atom. The van der Waals surface area contributed by atoms with Crippen LogP contribution < -0.4 is 4.90 Å². The molecule has 4 rings (SSSR count). The number of piperazine rings is 1. The fourth-order valence-electron chi connectivity index (χ4n) is 4.29. The molecule has 0 radical (unpaired) electrons. The minimum absolute atomic E-state index is 0.0235. The molecule has 2 heterocycles. The molecule has 0 aliphatic carbocycles. The Morgan fingerprint density at radius 3 is 2.35 bits per heavy atom. The lowest BCUT2D eigenvalue weighted by molar-refractivity contribution is -0.384. The van der Waals surface area contributed by atoms with Crippen LogP contribution in [0.3, 0.4) is 0 Å². The third kappa shape index (κ3) is 5.06. The molecule has 2 aliphatic heterocycles. The van der Waals surface area contributed by atoms with Crippen LogP contribution in [0.4, 0.5) is 11.4 Å². The molecule has 2 aliphatic rings. The number of ether oxygens (including phenoxy) is 1. The van der Waals surface area contributed by atoms with Gasteiger partial charge in [-0.15, -0.1) is 0 Å². The maximum Gasteiger partial charge on any atom is 0.293 e. The molecular weight excluding hydrogens is 460 g/mol. The van der Waals surface area contributed by atoms with Crippen LogP contribution in [-0.4, -0.2) is 80.9 Å². The third-order valence-corrected chi connectivity index (χ3v) is 8.22. The second kappa shape index (κ2) is 10.1. The molecule has 2 saturated heterocycles. The van der Waals surface area contributed by atoms with E-state index in [4.69, 9.17) is 4.74 Å². The number of rotatable bonds is 6. The maximum atomic E-state index is 12.9. The number of nitrogens with zero attached hydrogens (tertiary/aromatic N) is 4. The zero-order chi connectivity index (χ0) is 24.3. The number of morpholine rings is 1.